The van der Waals surface area contributed by atoms with Crippen LogP contribution in [0.4, 0.5) is 8.78 Å². The number of fused-ring (bicyclic) bond motifs is 1. The van der Waals surface area contributed by atoms with Crippen molar-refractivity contribution < 1.29 is 81.5 Å². The fraction of sp³-hybridized carbons (Fsp3) is 0.581. The normalized spacial score (nSPS) is 17.9. The Labute approximate surface area is 562 Å². The molecule has 7 N–H and O–H groups in total. The first-order valence-electron chi connectivity index (χ1n) is 31.2. The number of aromatic nitrogens is 1. The van der Waals surface area contributed by atoms with E-state index in [0.717, 1.165) is 27.6 Å². The number of thioether (sulfide) groups is 1. The third-order valence-electron chi connectivity index (χ3n) is 16.0. The van der Waals surface area contributed by atoms with Crippen molar-refractivity contribution in [2.45, 2.75) is 69.0 Å². The third-order valence-corrected chi connectivity index (χ3v) is 17.8. The van der Waals surface area contributed by atoms with Crippen molar-refractivity contribution in [2.24, 2.45) is 4.99 Å². The number of carbonyl (C=O) groups is 10. The van der Waals surface area contributed by atoms with Gasteiger partial charge in [0, 0.05) is 138 Å². The van der Waals surface area contributed by atoms with Crippen LogP contribution in [0.5, 0.6) is 5.75 Å². The van der Waals surface area contributed by atoms with Gasteiger partial charge in [-0.25, -0.2) is 8.78 Å². The molecule has 6 amide bonds. The predicted molar refractivity (Wildman–Crippen MR) is 353 cm³/mol. The Morgan fingerprint density at radius 3 is 1.95 bits per heavy atom. The summed E-state index contributed by atoms with van der Waals surface area (Å²) >= 11 is 3.49. The van der Waals surface area contributed by atoms with Crippen LogP contribution in [0.2, 0.25) is 0 Å². The molecule has 3 aliphatic heterocycles. The fourth-order valence-electron chi connectivity index (χ4n) is 11.0. The minimum atomic E-state index is -3.07. The van der Waals surface area contributed by atoms with E-state index in [9.17, 15) is 72.0 Å². The maximum Gasteiger partial charge on any atom is 0.317 e. The lowest BCUT2D eigenvalue weighted by molar-refractivity contribution is -0.147. The molecule has 0 unspecified atom stereocenters. The van der Waals surface area contributed by atoms with Crippen LogP contribution < -0.4 is 26.0 Å². The molecule has 28 nitrogen and oxygen atoms in total. The maximum atomic E-state index is 14.5. The Morgan fingerprint density at radius 1 is 0.745 bits per heavy atom. The molecule has 3 fully saturated rings. The molecule has 3 aliphatic rings. The topological polar surface area (TPSA) is 346 Å². The Morgan fingerprint density at radius 2 is 1.35 bits per heavy atom. The largest absolute Gasteiger partial charge is 0.494 e. The summed E-state index contributed by atoms with van der Waals surface area (Å²) in [6, 6.07) is 11.1. The lowest BCUT2D eigenvalue weighted by Crippen LogP contribution is -2.59. The molecule has 1 aromatic heterocycles. The van der Waals surface area contributed by atoms with E-state index in [-0.39, 0.29) is 115 Å². The first-order chi connectivity index (χ1) is 45.0. The Bertz CT molecular complexity index is 3060. The van der Waals surface area contributed by atoms with Gasteiger partial charge in [0.2, 0.25) is 29.5 Å². The standard InChI is InChI=1S/C62H86F2IN13O15S/c1-66-35-45-34-62(63,64)42-78(45)54(81)36-69-59(89)47-14-15-67-49-13-12-46(32-48(47)49)93-30-4-3-17-72-26-28-77(29-27-72)61(91)50(33-58(88)92-2)71-60(90)51(41-94-31-16-68-52(79)7-5-6-43-8-10-44(65)11-9-43)70-53(80)37-73-18-20-74(38-55(82)83)22-24-76(40-57(86)87)25-23-75(21-19-73)39-56(84)85/h8-15,32,35,45,50-51H,3-7,16-31,33-34,36-42H2,1-2H3,(H,68,79)(H,69,89)(H,70,80)(H,71,90)(H,82,83)(H,84,85)(H,86,87)/t45-,50+,51+/m1/s1. The quantitative estimate of drug-likeness (QED) is 0.0191. The number of unbranched alkanes of at least 4 members (excludes halogenated alkanes) is 1. The zero-order valence-corrected chi connectivity index (χ0v) is 56.0. The van der Waals surface area contributed by atoms with Gasteiger partial charge in [-0.15, -0.1) is 0 Å². The molecule has 2 aromatic carbocycles. The summed E-state index contributed by atoms with van der Waals surface area (Å²) in [7, 11) is 2.59. The van der Waals surface area contributed by atoms with Crippen LogP contribution >= 0.6 is 34.4 Å². The highest BCUT2D eigenvalue weighted by Gasteiger charge is 2.46. The van der Waals surface area contributed by atoms with Gasteiger partial charge in [-0.2, -0.15) is 11.8 Å². The van der Waals surface area contributed by atoms with Crippen LogP contribution in [0.3, 0.4) is 0 Å². The zero-order chi connectivity index (χ0) is 68.2. The van der Waals surface area contributed by atoms with Crippen LogP contribution in [-0.2, 0) is 54.3 Å². The number of methoxy groups -OCH3 is 1. The molecule has 0 bridgehead atoms. The van der Waals surface area contributed by atoms with Gasteiger partial charge in [0.25, 0.3) is 11.8 Å². The van der Waals surface area contributed by atoms with Gasteiger partial charge in [-0.3, -0.25) is 82.4 Å². The molecule has 0 radical (unpaired) electrons. The number of esters is 1. The number of aryl methyl sites for hydroxylation is 1. The van der Waals surface area contributed by atoms with Crippen LogP contribution in [0.1, 0.15) is 54.4 Å². The number of alkyl halides is 2. The van der Waals surface area contributed by atoms with E-state index in [4.69, 9.17) is 9.47 Å². The molecule has 32 heteroatoms. The number of ether oxygens (including phenoxy) is 2. The minimum Gasteiger partial charge on any atom is -0.494 e. The molecular formula is C62H86F2IN13O15S. The first kappa shape index (κ1) is 75.8. The van der Waals surface area contributed by atoms with Gasteiger partial charge in [-0.1, -0.05) is 12.1 Å². The number of piperazine rings is 1. The molecule has 0 aliphatic carbocycles. The molecule has 0 saturated carbocycles. The molecule has 3 saturated heterocycles. The highest BCUT2D eigenvalue weighted by molar-refractivity contribution is 14.1. The minimum absolute atomic E-state index is 0.0233. The van der Waals surface area contributed by atoms with E-state index in [1.807, 2.05) is 24.3 Å². The molecule has 0 spiro atoms. The lowest BCUT2D eigenvalue weighted by Gasteiger charge is -2.36. The average molecular weight is 1450 g/mol. The highest BCUT2D eigenvalue weighted by atomic mass is 127. The van der Waals surface area contributed by atoms with Gasteiger partial charge in [-0.05, 0) is 96.8 Å². The Balaban J connectivity index is 1.04. The van der Waals surface area contributed by atoms with Crippen molar-refractivity contribution in [1.29, 1.82) is 0 Å². The number of pyridine rings is 1. The number of aliphatic imine (C=N–C) groups is 1. The number of likely N-dealkylation sites (tertiary alicyclic amines) is 1. The summed E-state index contributed by atoms with van der Waals surface area (Å²) in [5.74, 6) is -9.74. The zero-order valence-electron chi connectivity index (χ0n) is 53.0. The average Bonchev–Trinajstić information content (AvgIpc) is 1.20. The van der Waals surface area contributed by atoms with Crippen LogP contribution in [0.25, 0.3) is 10.9 Å². The summed E-state index contributed by atoms with van der Waals surface area (Å²) in [6.07, 6.45) is 4.68. The third kappa shape index (κ3) is 26.5. The number of hydrogen-bond donors (Lipinski definition) is 7. The van der Waals surface area contributed by atoms with E-state index >= 15 is 0 Å². The van der Waals surface area contributed by atoms with Crippen LogP contribution in [-0.4, -0.2) is 307 Å². The number of carbonyl (C=O) groups excluding carboxylic acids is 7. The maximum absolute atomic E-state index is 14.5. The number of hydrogen-bond acceptors (Lipinski definition) is 20. The van der Waals surface area contributed by atoms with E-state index in [1.54, 1.807) is 42.7 Å². The second kappa shape index (κ2) is 39.0. The van der Waals surface area contributed by atoms with E-state index in [0.29, 0.717) is 74.3 Å². The number of benzene rings is 2. The van der Waals surface area contributed by atoms with E-state index in [1.165, 1.54) is 37.3 Å². The number of carboxylic acids is 3. The first-order valence-corrected chi connectivity index (χ1v) is 33.4. The number of rotatable bonds is 33. The number of nitrogens with zero attached hydrogens (tertiary/aromatic N) is 9. The highest BCUT2D eigenvalue weighted by Crippen LogP contribution is 2.31. The molecule has 6 rings (SSSR count). The summed E-state index contributed by atoms with van der Waals surface area (Å²) in [4.78, 5) is 150. The van der Waals surface area contributed by atoms with Gasteiger partial charge in [0.15, 0.2) is 0 Å². The van der Waals surface area contributed by atoms with Crippen LogP contribution in [0, 0.1) is 3.57 Å². The van der Waals surface area contributed by atoms with E-state index < -0.39 is 103 Å². The summed E-state index contributed by atoms with van der Waals surface area (Å²) in [5, 5.41) is 40.4. The summed E-state index contributed by atoms with van der Waals surface area (Å²) in [6.45, 7) is 1.23. The van der Waals surface area contributed by atoms with Crippen molar-refractivity contribution in [3.63, 3.8) is 0 Å². The van der Waals surface area contributed by atoms with Crippen LogP contribution in [0.15, 0.2) is 59.7 Å². The summed E-state index contributed by atoms with van der Waals surface area (Å²) < 4.78 is 40.5. The molecular weight excluding hydrogens is 1360 g/mol. The van der Waals surface area contributed by atoms with Gasteiger partial charge in [0.1, 0.15) is 17.8 Å². The Kier molecular flexibility index (Phi) is 31.4. The Hall–Kier alpha value is -7.24. The number of amides is 6. The van der Waals surface area contributed by atoms with Crippen molar-refractivity contribution in [2.75, 3.05) is 163 Å². The van der Waals surface area contributed by atoms with Gasteiger partial charge in [0.05, 0.1) is 76.5 Å². The van der Waals surface area contributed by atoms with Crippen molar-refractivity contribution in [3.8, 4) is 5.75 Å². The van der Waals surface area contributed by atoms with E-state index in [2.05, 4.69) is 58.7 Å². The predicted octanol–water partition coefficient (Wildman–Crippen LogP) is 0.690. The number of nitrogens with one attached hydrogen (secondary N) is 4. The van der Waals surface area contributed by atoms with Crippen molar-refractivity contribution >= 4 is 111 Å². The van der Waals surface area contributed by atoms with Gasteiger partial charge >= 0.3 is 23.9 Å². The van der Waals surface area contributed by atoms with Gasteiger partial charge < -0.3 is 55.9 Å². The SMILES string of the molecule is CN=C[C@H]1CC(F)(F)CN1C(=O)CNC(=O)c1ccnc2ccc(OCCCCN3CCN(C(=O)[C@H](CC(=O)OC)NC(=O)[C@H](CSCCNC(=O)CCCc4ccc(I)cc4)NC(=O)CN4CCN(CC(=O)O)CCN(CC(=O)O)CCN(CC(=O)O)CC4)CC3)cc12. The fourth-order valence-corrected chi connectivity index (χ4v) is 12.3. The molecule has 3 atom stereocenters. The molecule has 4 heterocycles. The smallest absolute Gasteiger partial charge is 0.317 e. The molecule has 516 valence electrons. The molecule has 3 aromatic rings. The molecule has 94 heavy (non-hydrogen) atoms. The lowest BCUT2D eigenvalue weighted by atomic mass is 10.1. The second-order valence-electron chi connectivity index (χ2n) is 23.2. The second-order valence-corrected chi connectivity index (χ2v) is 25.5. The number of halogens is 3. The van der Waals surface area contributed by atoms with Crippen molar-refractivity contribution in [1.82, 2.24) is 60.6 Å². The van der Waals surface area contributed by atoms with Crippen molar-refractivity contribution in [3.05, 3.63) is 69.4 Å². The summed E-state index contributed by atoms with van der Waals surface area (Å²) in [5.41, 5.74) is 1.83. The monoisotopic (exact) mass is 1450 g/mol. The number of aliphatic carboxylic acids is 3. The number of carboxylic acid groups (broad SMARTS) is 3.